The maximum atomic E-state index is 9.68. The topological polar surface area (TPSA) is 46.5 Å². The molecule has 0 aromatic heterocycles. The van der Waals surface area contributed by atoms with Crippen LogP contribution in [0.15, 0.2) is 12.7 Å². The Morgan fingerprint density at radius 2 is 2.56 bits per heavy atom. The molecule has 0 rings (SSSR count). The van der Waals surface area contributed by atoms with Crippen LogP contribution in [0.3, 0.4) is 0 Å². The molecule has 0 radical (unpaired) electrons. The van der Waals surface area contributed by atoms with E-state index < -0.39 is 6.16 Å². The Hall–Kier alpha value is -0.290. The lowest BCUT2D eigenvalue weighted by molar-refractivity contribution is 0.153. The van der Waals surface area contributed by atoms with Crippen molar-refractivity contribution in [2.45, 2.75) is 0 Å². The molecule has 0 atom stereocenters. The zero-order chi connectivity index (χ0) is 7.11. The molecule has 0 aromatic carbocycles. The summed E-state index contributed by atoms with van der Waals surface area (Å²) in [6, 6.07) is 0. The van der Waals surface area contributed by atoms with Crippen molar-refractivity contribution in [3.05, 3.63) is 12.7 Å². The lowest BCUT2D eigenvalue weighted by Gasteiger charge is -1.91. The highest BCUT2D eigenvalue weighted by Crippen LogP contribution is 2.21. The van der Waals surface area contributed by atoms with E-state index in [1.54, 1.807) is 6.08 Å². The molecule has 9 heavy (non-hydrogen) atoms. The molecule has 1 N–H and O–H groups in total. The first-order chi connectivity index (χ1) is 4.27. The quantitative estimate of drug-likeness (QED) is 0.300. The van der Waals surface area contributed by atoms with Crippen LogP contribution in [0.4, 0.5) is 4.79 Å². The summed E-state index contributed by atoms with van der Waals surface area (Å²) < 4.78 is 4.09. The summed E-state index contributed by atoms with van der Waals surface area (Å²) >= 11 is 0.832. The van der Waals surface area contributed by atoms with Crippen LogP contribution in [0.1, 0.15) is 0 Å². The van der Waals surface area contributed by atoms with E-state index in [4.69, 9.17) is 5.11 Å². The fourth-order valence-electron chi connectivity index (χ4n) is 0.129. The zero-order valence-corrected chi connectivity index (χ0v) is 6.20. The van der Waals surface area contributed by atoms with E-state index in [9.17, 15) is 4.79 Å². The number of hydrogen-bond acceptors (Lipinski definition) is 4. The van der Waals surface area contributed by atoms with Crippen LogP contribution in [0.25, 0.3) is 0 Å². The highest BCUT2D eigenvalue weighted by Gasteiger charge is 1.95. The average Bonchev–Trinajstić information content (AvgIpc) is 1.80. The van der Waals surface area contributed by atoms with E-state index >= 15 is 0 Å². The third-order valence-electron chi connectivity index (χ3n) is 0.339. The van der Waals surface area contributed by atoms with Gasteiger partial charge in [0, 0.05) is 5.75 Å². The molecular formula is C4H6O3S2. The molecule has 3 nitrogen and oxygen atoms in total. The minimum Gasteiger partial charge on any atom is -0.449 e. The summed E-state index contributed by atoms with van der Waals surface area (Å²) in [5.41, 5.74) is 0. The van der Waals surface area contributed by atoms with Gasteiger partial charge in [-0.3, -0.25) is 0 Å². The molecule has 0 unspecified atom stereocenters. The van der Waals surface area contributed by atoms with Gasteiger partial charge in [-0.15, -0.1) is 6.58 Å². The number of carbonyl (C=O) groups is 1. The summed E-state index contributed by atoms with van der Waals surface area (Å²) in [6.07, 6.45) is 0.402. The summed E-state index contributed by atoms with van der Waals surface area (Å²) in [6.45, 7) is 3.44. The molecule has 0 bridgehead atoms. The fraction of sp³-hybridized carbons (Fsp3) is 0.250. The first kappa shape index (κ1) is 8.71. The van der Waals surface area contributed by atoms with Crippen LogP contribution in [0.5, 0.6) is 0 Å². The van der Waals surface area contributed by atoms with Crippen molar-refractivity contribution in [2.24, 2.45) is 0 Å². The Kier molecular flexibility index (Phi) is 5.65. The minimum atomic E-state index is -1.27. The van der Waals surface area contributed by atoms with Crippen molar-refractivity contribution in [3.8, 4) is 0 Å². The third-order valence-corrected chi connectivity index (χ3v) is 1.92. The van der Waals surface area contributed by atoms with Crippen molar-refractivity contribution < 1.29 is 14.1 Å². The van der Waals surface area contributed by atoms with Crippen molar-refractivity contribution in [1.82, 2.24) is 0 Å². The molecule has 0 saturated heterocycles. The Morgan fingerprint density at radius 1 is 1.89 bits per heavy atom. The standard InChI is InChI=1S/C4H6O3S2/c1-2-3-8-9-7-4(5)6/h2H,1,3H2,(H,5,6). The second-order valence-corrected chi connectivity index (χ2v) is 2.98. The highest BCUT2D eigenvalue weighted by molar-refractivity contribution is 8.75. The van der Waals surface area contributed by atoms with Gasteiger partial charge < -0.3 is 9.29 Å². The van der Waals surface area contributed by atoms with Gasteiger partial charge in [0.15, 0.2) is 0 Å². The lowest BCUT2D eigenvalue weighted by Crippen LogP contribution is -1.88. The van der Waals surface area contributed by atoms with Crippen LogP contribution in [0.2, 0.25) is 0 Å². The molecule has 0 aromatic rings. The molecule has 0 aliphatic carbocycles. The van der Waals surface area contributed by atoms with Crippen LogP contribution >= 0.6 is 21.9 Å². The summed E-state index contributed by atoms with van der Waals surface area (Å²) in [7, 11) is 1.28. The smallest absolute Gasteiger partial charge is 0.449 e. The van der Waals surface area contributed by atoms with E-state index in [0.717, 1.165) is 11.1 Å². The molecule has 0 heterocycles. The Labute approximate surface area is 61.1 Å². The second kappa shape index (κ2) is 5.84. The maximum absolute atomic E-state index is 9.68. The highest BCUT2D eigenvalue weighted by atomic mass is 33.1. The largest absolute Gasteiger partial charge is 0.519 e. The monoisotopic (exact) mass is 166 g/mol. The minimum absolute atomic E-state index is 0.679. The molecule has 0 aliphatic heterocycles. The van der Waals surface area contributed by atoms with Gasteiger partial charge in [0.2, 0.25) is 0 Å². The molecule has 0 spiro atoms. The van der Waals surface area contributed by atoms with Crippen molar-refractivity contribution in [3.63, 3.8) is 0 Å². The Morgan fingerprint density at radius 3 is 3.00 bits per heavy atom. The normalized spacial score (nSPS) is 8.44. The second-order valence-electron chi connectivity index (χ2n) is 0.990. The van der Waals surface area contributed by atoms with Crippen LogP contribution in [0, 0.1) is 0 Å². The number of hydrogen-bond donors (Lipinski definition) is 1. The van der Waals surface area contributed by atoms with E-state index in [1.165, 1.54) is 10.8 Å². The van der Waals surface area contributed by atoms with Gasteiger partial charge in [-0.25, -0.2) is 4.79 Å². The van der Waals surface area contributed by atoms with Gasteiger partial charge in [-0.2, -0.15) is 0 Å². The maximum Gasteiger partial charge on any atom is 0.519 e. The SMILES string of the molecule is C=CCSSOC(=O)O. The number of carboxylic acid groups (broad SMARTS) is 1. The van der Waals surface area contributed by atoms with Gasteiger partial charge in [-0.1, -0.05) is 6.08 Å². The van der Waals surface area contributed by atoms with Crippen LogP contribution in [-0.4, -0.2) is 17.0 Å². The van der Waals surface area contributed by atoms with Gasteiger partial charge in [0.1, 0.15) is 11.1 Å². The molecular weight excluding hydrogens is 160 g/mol. The van der Waals surface area contributed by atoms with Gasteiger partial charge in [0.25, 0.3) is 0 Å². The van der Waals surface area contributed by atoms with E-state index in [-0.39, 0.29) is 0 Å². The number of rotatable bonds is 4. The predicted octanol–water partition coefficient (Wildman–Crippen LogP) is 2.16. The Bertz CT molecular complexity index is 104. The first-order valence-corrected chi connectivity index (χ1v) is 4.31. The molecule has 0 fully saturated rings. The van der Waals surface area contributed by atoms with Crippen molar-refractivity contribution >= 4 is 28.0 Å². The first-order valence-electron chi connectivity index (χ1n) is 2.07. The fourth-order valence-corrected chi connectivity index (χ4v) is 1.16. The molecule has 5 heteroatoms. The third kappa shape index (κ3) is 7.71. The van der Waals surface area contributed by atoms with Crippen molar-refractivity contribution in [2.75, 3.05) is 5.75 Å². The molecule has 0 amide bonds. The van der Waals surface area contributed by atoms with Crippen LogP contribution < -0.4 is 0 Å². The lowest BCUT2D eigenvalue weighted by atomic mass is 10.8. The van der Waals surface area contributed by atoms with E-state index in [2.05, 4.69) is 10.8 Å². The van der Waals surface area contributed by atoms with Crippen LogP contribution in [-0.2, 0) is 4.18 Å². The van der Waals surface area contributed by atoms with Crippen molar-refractivity contribution in [1.29, 1.82) is 0 Å². The summed E-state index contributed by atoms with van der Waals surface area (Å²) in [4.78, 5) is 9.68. The molecule has 52 valence electrons. The molecule has 0 aliphatic rings. The summed E-state index contributed by atoms with van der Waals surface area (Å²) in [5, 5.41) is 7.93. The predicted molar refractivity (Wildman–Crippen MR) is 39.4 cm³/mol. The van der Waals surface area contributed by atoms with E-state index in [0.29, 0.717) is 5.75 Å². The average molecular weight is 166 g/mol. The van der Waals surface area contributed by atoms with E-state index in [1.807, 2.05) is 0 Å². The Balaban J connectivity index is 2.91. The van der Waals surface area contributed by atoms with Gasteiger partial charge in [0.05, 0.1) is 0 Å². The van der Waals surface area contributed by atoms with Gasteiger partial charge >= 0.3 is 6.16 Å². The molecule has 0 saturated carbocycles. The van der Waals surface area contributed by atoms with Gasteiger partial charge in [-0.05, 0) is 10.8 Å². The zero-order valence-electron chi connectivity index (χ0n) is 4.57. The summed E-state index contributed by atoms with van der Waals surface area (Å²) in [5.74, 6) is 0.679.